The van der Waals surface area contributed by atoms with Crippen LogP contribution in [0.5, 0.6) is 0 Å². The molecule has 1 heterocycles. The van der Waals surface area contributed by atoms with Crippen LogP contribution in [0.2, 0.25) is 5.02 Å². The molecule has 0 bridgehead atoms. The molecule has 1 aromatic heterocycles. The average molecular weight is 283 g/mol. The maximum atomic E-state index is 6.20. The molecule has 2 aromatic rings. The molecule has 0 saturated carbocycles. The van der Waals surface area contributed by atoms with Crippen molar-refractivity contribution in [3.05, 3.63) is 41.2 Å². The van der Waals surface area contributed by atoms with Gasteiger partial charge in [-0.2, -0.15) is 5.10 Å². The zero-order valence-corrected chi connectivity index (χ0v) is 11.3. The first-order valence-corrected chi connectivity index (χ1v) is 6.22. The van der Waals surface area contributed by atoms with Gasteiger partial charge in [0, 0.05) is 6.20 Å². The number of hydrogen-bond acceptors (Lipinski definition) is 2. The molecule has 0 radical (unpaired) electrons. The number of benzene rings is 1. The third-order valence-electron chi connectivity index (χ3n) is 2.31. The van der Waals surface area contributed by atoms with Crippen LogP contribution >= 0.6 is 23.2 Å². The van der Waals surface area contributed by atoms with Crippen LogP contribution in [0.1, 0.15) is 5.56 Å². The van der Waals surface area contributed by atoms with E-state index in [0.717, 1.165) is 5.56 Å². The molecule has 0 aliphatic rings. The fourth-order valence-electron chi connectivity index (χ4n) is 1.54. The van der Waals surface area contributed by atoms with Crippen LogP contribution in [-0.4, -0.2) is 21.5 Å². The molecule has 0 fully saturated rings. The molecule has 0 saturated heterocycles. The number of halogens is 2. The number of aryl methyl sites for hydroxylation is 1. The van der Waals surface area contributed by atoms with Gasteiger partial charge in [-0.15, -0.1) is 11.6 Å². The van der Waals surface area contributed by atoms with Crippen LogP contribution in [0.4, 0.5) is 5.69 Å². The summed E-state index contributed by atoms with van der Waals surface area (Å²) in [5.74, 6) is 0.508. The van der Waals surface area contributed by atoms with Gasteiger partial charge in [-0.05, 0) is 24.6 Å². The van der Waals surface area contributed by atoms with Crippen LogP contribution < -0.4 is 5.73 Å². The minimum atomic E-state index is 0.171. The second-order valence-electron chi connectivity index (χ2n) is 3.81. The number of hydrogen-bond donors (Lipinski definition) is 1. The number of nitrogens with zero attached hydrogens (tertiary/aromatic N) is 3. The predicted molar refractivity (Wildman–Crippen MR) is 75.3 cm³/mol. The lowest BCUT2D eigenvalue weighted by atomic mass is 10.2. The molecular weight excluding hydrogens is 271 g/mol. The summed E-state index contributed by atoms with van der Waals surface area (Å²) >= 11 is 11.8. The monoisotopic (exact) mass is 282 g/mol. The van der Waals surface area contributed by atoms with Crippen molar-refractivity contribution in [2.24, 2.45) is 10.7 Å². The number of nitrogens with two attached hydrogens (primary N) is 1. The highest BCUT2D eigenvalue weighted by molar-refractivity contribution is 6.33. The number of aromatic nitrogens is 2. The first kappa shape index (κ1) is 12.9. The lowest BCUT2D eigenvalue weighted by Gasteiger charge is -2.08. The number of amidine groups is 1. The second-order valence-corrected chi connectivity index (χ2v) is 4.48. The maximum absolute atomic E-state index is 6.20. The zero-order valence-electron chi connectivity index (χ0n) is 9.77. The van der Waals surface area contributed by atoms with Gasteiger partial charge >= 0.3 is 0 Å². The van der Waals surface area contributed by atoms with Crippen molar-refractivity contribution in [1.29, 1.82) is 0 Å². The second kappa shape index (κ2) is 5.42. The van der Waals surface area contributed by atoms with Gasteiger partial charge in [-0.25, -0.2) is 9.67 Å². The standard InChI is InChI=1S/C12H12Cl2N4/c1-8-6-16-18(7-8)12-9(14)3-2-4-10(12)17-11(15)5-13/h2-4,6-7H,5H2,1H3,(H2,15,17). The van der Waals surface area contributed by atoms with Gasteiger partial charge < -0.3 is 5.73 Å². The van der Waals surface area contributed by atoms with Crippen molar-refractivity contribution in [2.45, 2.75) is 6.92 Å². The minimum Gasteiger partial charge on any atom is -0.386 e. The van der Waals surface area contributed by atoms with Crippen molar-refractivity contribution in [1.82, 2.24) is 9.78 Å². The molecule has 2 rings (SSSR count). The predicted octanol–water partition coefficient (Wildman–Crippen LogP) is 3.06. The average Bonchev–Trinajstić information content (AvgIpc) is 2.75. The van der Waals surface area contributed by atoms with E-state index < -0.39 is 0 Å². The molecule has 1 aromatic carbocycles. The van der Waals surface area contributed by atoms with Crippen molar-refractivity contribution in [2.75, 3.05) is 5.88 Å². The summed E-state index contributed by atoms with van der Waals surface area (Å²) in [5, 5.41) is 4.79. The molecule has 6 heteroatoms. The summed E-state index contributed by atoms with van der Waals surface area (Å²) in [4.78, 5) is 4.24. The van der Waals surface area contributed by atoms with Gasteiger partial charge in [0.1, 0.15) is 11.5 Å². The SMILES string of the molecule is Cc1cnn(-c2c(Cl)cccc2N=C(N)CCl)c1. The van der Waals surface area contributed by atoms with Crippen LogP contribution in [0.25, 0.3) is 5.69 Å². The maximum Gasteiger partial charge on any atom is 0.115 e. The molecule has 0 aliphatic heterocycles. The van der Waals surface area contributed by atoms with E-state index in [4.69, 9.17) is 28.9 Å². The lowest BCUT2D eigenvalue weighted by molar-refractivity contribution is 0.880. The van der Waals surface area contributed by atoms with Crippen LogP contribution in [0.15, 0.2) is 35.6 Å². The topological polar surface area (TPSA) is 56.2 Å². The summed E-state index contributed by atoms with van der Waals surface area (Å²) in [7, 11) is 0. The molecule has 94 valence electrons. The van der Waals surface area contributed by atoms with Gasteiger partial charge in [-0.3, -0.25) is 0 Å². The molecule has 0 spiro atoms. The van der Waals surface area contributed by atoms with Gasteiger partial charge in [0.15, 0.2) is 0 Å². The fraction of sp³-hybridized carbons (Fsp3) is 0.167. The summed E-state index contributed by atoms with van der Waals surface area (Å²) in [6, 6.07) is 5.41. The summed E-state index contributed by atoms with van der Waals surface area (Å²) in [6.45, 7) is 1.95. The largest absolute Gasteiger partial charge is 0.386 e. The van der Waals surface area contributed by atoms with E-state index in [0.29, 0.717) is 22.2 Å². The highest BCUT2D eigenvalue weighted by Crippen LogP contribution is 2.30. The molecule has 0 unspecified atom stereocenters. The third-order valence-corrected chi connectivity index (χ3v) is 2.89. The smallest absolute Gasteiger partial charge is 0.115 e. The van der Waals surface area contributed by atoms with Crippen LogP contribution in [0.3, 0.4) is 0 Å². The Morgan fingerprint density at radius 2 is 2.28 bits per heavy atom. The Morgan fingerprint density at radius 1 is 1.50 bits per heavy atom. The van der Waals surface area contributed by atoms with Crippen molar-refractivity contribution < 1.29 is 0 Å². The van der Waals surface area contributed by atoms with Gasteiger partial charge in [0.2, 0.25) is 0 Å². The molecule has 2 N–H and O–H groups in total. The molecule has 0 amide bonds. The molecular formula is C12H12Cl2N4. The number of rotatable bonds is 3. The quantitative estimate of drug-likeness (QED) is 0.534. The van der Waals surface area contributed by atoms with Gasteiger partial charge in [0.25, 0.3) is 0 Å². The normalized spacial score (nSPS) is 11.8. The first-order valence-electron chi connectivity index (χ1n) is 5.31. The first-order chi connectivity index (χ1) is 8.61. The van der Waals surface area contributed by atoms with E-state index in [1.54, 1.807) is 16.9 Å². The Labute approximate surface area is 115 Å². The Bertz CT molecular complexity index is 590. The highest BCUT2D eigenvalue weighted by atomic mass is 35.5. The summed E-state index contributed by atoms with van der Waals surface area (Å²) in [5.41, 5.74) is 8.03. The Hall–Kier alpha value is -1.52. The van der Waals surface area contributed by atoms with E-state index in [-0.39, 0.29) is 5.88 Å². The van der Waals surface area contributed by atoms with Gasteiger partial charge in [-0.1, -0.05) is 17.7 Å². The molecule has 4 nitrogen and oxygen atoms in total. The number of para-hydroxylation sites is 1. The van der Waals surface area contributed by atoms with Crippen LogP contribution in [0, 0.1) is 6.92 Å². The van der Waals surface area contributed by atoms with E-state index in [1.165, 1.54) is 0 Å². The highest BCUT2D eigenvalue weighted by Gasteiger charge is 2.10. The molecule has 0 atom stereocenters. The number of alkyl halides is 1. The Kier molecular flexibility index (Phi) is 3.89. The zero-order chi connectivity index (χ0) is 13.1. The minimum absolute atomic E-state index is 0.171. The third kappa shape index (κ3) is 2.66. The van der Waals surface area contributed by atoms with E-state index >= 15 is 0 Å². The van der Waals surface area contributed by atoms with Crippen molar-refractivity contribution in [3.63, 3.8) is 0 Å². The Balaban J connectivity index is 2.58. The van der Waals surface area contributed by atoms with Crippen LogP contribution in [-0.2, 0) is 0 Å². The fourth-order valence-corrected chi connectivity index (χ4v) is 1.86. The van der Waals surface area contributed by atoms with Gasteiger partial charge in [0.05, 0.1) is 22.8 Å². The van der Waals surface area contributed by atoms with E-state index in [2.05, 4.69) is 10.1 Å². The Morgan fingerprint density at radius 3 is 2.89 bits per heavy atom. The summed E-state index contributed by atoms with van der Waals surface area (Å²) < 4.78 is 1.68. The van der Waals surface area contributed by atoms with E-state index in [9.17, 15) is 0 Å². The number of aliphatic imine (C=N–C) groups is 1. The molecule has 0 aliphatic carbocycles. The van der Waals surface area contributed by atoms with Crippen molar-refractivity contribution in [3.8, 4) is 5.69 Å². The summed E-state index contributed by atoms with van der Waals surface area (Å²) in [6.07, 6.45) is 3.62. The molecule has 18 heavy (non-hydrogen) atoms. The van der Waals surface area contributed by atoms with E-state index in [1.807, 2.05) is 25.3 Å². The van der Waals surface area contributed by atoms with Crippen molar-refractivity contribution >= 4 is 34.7 Å². The lowest BCUT2D eigenvalue weighted by Crippen LogP contribution is -2.12.